The van der Waals surface area contributed by atoms with Crippen LogP contribution in [-0.4, -0.2) is 16.8 Å². The van der Waals surface area contributed by atoms with Gasteiger partial charge in [-0.2, -0.15) is 0 Å². The van der Waals surface area contributed by atoms with E-state index in [0.717, 1.165) is 17.1 Å². The van der Waals surface area contributed by atoms with Gasteiger partial charge in [-0.1, -0.05) is 41.9 Å². The van der Waals surface area contributed by atoms with Gasteiger partial charge in [0.05, 0.1) is 27.7 Å². The summed E-state index contributed by atoms with van der Waals surface area (Å²) in [6.45, 7) is 0. The second kappa shape index (κ2) is 8.12. The second-order valence-corrected chi connectivity index (χ2v) is 7.03. The third-order valence-corrected chi connectivity index (χ3v) is 4.87. The van der Waals surface area contributed by atoms with E-state index in [1.807, 2.05) is 35.7 Å². The van der Waals surface area contributed by atoms with Crippen LogP contribution >= 0.6 is 22.9 Å². The number of primary amides is 1. The van der Waals surface area contributed by atoms with E-state index in [-0.39, 0.29) is 22.9 Å². The van der Waals surface area contributed by atoms with Gasteiger partial charge in [-0.3, -0.25) is 9.59 Å². The number of halogens is 1. The van der Waals surface area contributed by atoms with Crippen LogP contribution in [0.4, 0.5) is 5.69 Å². The van der Waals surface area contributed by atoms with E-state index in [2.05, 4.69) is 10.3 Å². The summed E-state index contributed by atoms with van der Waals surface area (Å²) < 4.78 is 0. The summed E-state index contributed by atoms with van der Waals surface area (Å²) in [5.41, 5.74) is 7.83. The quantitative estimate of drug-likeness (QED) is 0.678. The molecule has 0 atom stereocenters. The lowest BCUT2D eigenvalue weighted by molar-refractivity contribution is -0.115. The molecule has 0 saturated carbocycles. The highest BCUT2D eigenvalue weighted by Crippen LogP contribution is 2.21. The number of rotatable bonds is 6. The van der Waals surface area contributed by atoms with Crippen molar-refractivity contribution in [2.75, 3.05) is 5.32 Å². The summed E-state index contributed by atoms with van der Waals surface area (Å²) in [4.78, 5) is 27.9. The van der Waals surface area contributed by atoms with Crippen LogP contribution < -0.4 is 11.1 Å². The van der Waals surface area contributed by atoms with Crippen molar-refractivity contribution in [3.63, 3.8) is 0 Å². The fraction of sp³-hybridized carbons (Fsp3) is 0.105. The van der Waals surface area contributed by atoms with E-state index < -0.39 is 5.91 Å². The van der Waals surface area contributed by atoms with Crippen molar-refractivity contribution in [3.8, 4) is 0 Å². The van der Waals surface area contributed by atoms with Gasteiger partial charge in [-0.15, -0.1) is 11.3 Å². The highest BCUT2D eigenvalue weighted by molar-refractivity contribution is 7.09. The van der Waals surface area contributed by atoms with Crippen LogP contribution in [0.25, 0.3) is 0 Å². The monoisotopic (exact) mass is 385 g/mol. The minimum absolute atomic E-state index is 0.167. The highest BCUT2D eigenvalue weighted by atomic mass is 35.5. The Balaban J connectivity index is 1.60. The van der Waals surface area contributed by atoms with E-state index in [1.165, 1.54) is 29.0 Å². The van der Waals surface area contributed by atoms with Crippen molar-refractivity contribution in [2.45, 2.75) is 12.8 Å². The first-order chi connectivity index (χ1) is 12.5. The van der Waals surface area contributed by atoms with Gasteiger partial charge in [-0.25, -0.2) is 4.98 Å². The maximum Gasteiger partial charge on any atom is 0.250 e. The first kappa shape index (κ1) is 18.1. The molecule has 26 heavy (non-hydrogen) atoms. The van der Waals surface area contributed by atoms with Gasteiger partial charge in [0.15, 0.2) is 0 Å². The minimum Gasteiger partial charge on any atom is -0.366 e. The second-order valence-electron chi connectivity index (χ2n) is 5.68. The predicted molar refractivity (Wildman–Crippen MR) is 104 cm³/mol. The van der Waals surface area contributed by atoms with Gasteiger partial charge in [-0.05, 0) is 23.8 Å². The van der Waals surface area contributed by atoms with Crippen LogP contribution in [0.2, 0.25) is 5.02 Å². The molecule has 3 rings (SSSR count). The Kier molecular flexibility index (Phi) is 5.65. The zero-order chi connectivity index (χ0) is 18.5. The third-order valence-electron chi connectivity index (χ3n) is 3.66. The molecule has 132 valence electrons. The average Bonchev–Trinajstić information content (AvgIpc) is 3.02. The first-order valence-electron chi connectivity index (χ1n) is 7.87. The zero-order valence-corrected chi connectivity index (χ0v) is 15.3. The van der Waals surface area contributed by atoms with E-state index in [4.69, 9.17) is 17.3 Å². The summed E-state index contributed by atoms with van der Waals surface area (Å²) in [7, 11) is 0. The Morgan fingerprint density at radius 1 is 1.15 bits per heavy atom. The number of anilines is 1. The number of carbonyl (C=O) groups excluding carboxylic acids is 2. The molecule has 0 aliphatic carbocycles. The van der Waals surface area contributed by atoms with E-state index in [9.17, 15) is 9.59 Å². The summed E-state index contributed by atoms with van der Waals surface area (Å²) in [6.07, 6.45) is 0.914. The number of carbonyl (C=O) groups is 2. The number of hydrogen-bond acceptors (Lipinski definition) is 4. The maximum absolute atomic E-state index is 12.2. The third kappa shape index (κ3) is 4.68. The van der Waals surface area contributed by atoms with Crippen LogP contribution in [0.3, 0.4) is 0 Å². The molecular weight excluding hydrogens is 370 g/mol. The van der Waals surface area contributed by atoms with Crippen LogP contribution in [-0.2, 0) is 17.6 Å². The molecule has 7 heteroatoms. The molecule has 2 amide bonds. The van der Waals surface area contributed by atoms with Crippen molar-refractivity contribution in [1.29, 1.82) is 0 Å². The van der Waals surface area contributed by atoms with Gasteiger partial charge < -0.3 is 11.1 Å². The van der Waals surface area contributed by atoms with Gasteiger partial charge in [0.25, 0.3) is 0 Å². The molecule has 1 aromatic heterocycles. The smallest absolute Gasteiger partial charge is 0.250 e. The number of aromatic nitrogens is 1. The van der Waals surface area contributed by atoms with Crippen molar-refractivity contribution in [3.05, 3.63) is 80.8 Å². The van der Waals surface area contributed by atoms with Crippen molar-refractivity contribution >= 4 is 40.4 Å². The topological polar surface area (TPSA) is 85.1 Å². The average molecular weight is 386 g/mol. The Bertz CT molecular complexity index is 941. The lowest BCUT2D eigenvalue weighted by Gasteiger charge is -2.06. The molecule has 0 unspecified atom stereocenters. The number of nitrogens with one attached hydrogen (secondary N) is 1. The summed E-state index contributed by atoms with van der Waals surface area (Å²) >= 11 is 7.52. The molecule has 3 N–H and O–H groups in total. The van der Waals surface area contributed by atoms with E-state index in [1.54, 1.807) is 6.07 Å². The Labute approximate surface area is 159 Å². The summed E-state index contributed by atoms with van der Waals surface area (Å²) in [6, 6.07) is 14.6. The lowest BCUT2D eigenvalue weighted by Crippen LogP contribution is -2.15. The molecule has 0 aliphatic rings. The molecule has 0 aliphatic heterocycles. The Morgan fingerprint density at radius 2 is 1.92 bits per heavy atom. The molecule has 0 fully saturated rings. The molecule has 0 saturated heterocycles. The van der Waals surface area contributed by atoms with Gasteiger partial charge >= 0.3 is 0 Å². The summed E-state index contributed by atoms with van der Waals surface area (Å²) in [5.74, 6) is -0.814. The number of amides is 2. The fourth-order valence-corrected chi connectivity index (χ4v) is 3.55. The lowest BCUT2D eigenvalue weighted by atomic mass is 10.2. The van der Waals surface area contributed by atoms with Crippen LogP contribution in [0.15, 0.2) is 53.9 Å². The predicted octanol–water partition coefficient (Wildman–Crippen LogP) is 3.67. The number of hydrogen-bond donors (Lipinski definition) is 2. The maximum atomic E-state index is 12.2. The van der Waals surface area contributed by atoms with Crippen molar-refractivity contribution < 1.29 is 9.59 Å². The Hall–Kier alpha value is -2.70. The van der Waals surface area contributed by atoms with Crippen LogP contribution in [0, 0.1) is 0 Å². The Morgan fingerprint density at radius 3 is 2.62 bits per heavy atom. The molecule has 0 radical (unpaired) electrons. The molecule has 3 aromatic rings. The molecular formula is C19H16ClN3O2S. The number of nitrogens with zero attached hydrogens (tertiary/aromatic N) is 1. The molecule has 0 bridgehead atoms. The van der Waals surface area contributed by atoms with Gasteiger partial charge in [0.2, 0.25) is 11.8 Å². The normalized spacial score (nSPS) is 10.5. The number of thiazole rings is 1. The number of nitrogens with two attached hydrogens (primary N) is 1. The fourth-order valence-electron chi connectivity index (χ4n) is 2.44. The largest absolute Gasteiger partial charge is 0.366 e. The molecule has 1 heterocycles. The first-order valence-corrected chi connectivity index (χ1v) is 9.13. The van der Waals surface area contributed by atoms with E-state index in [0.29, 0.717) is 5.69 Å². The molecule has 0 spiro atoms. The minimum atomic E-state index is -0.610. The van der Waals surface area contributed by atoms with Gasteiger partial charge in [0, 0.05) is 17.5 Å². The number of benzene rings is 2. The SMILES string of the molecule is NC(=O)c1ccc(NC(=O)Cc2csc(Cc3ccccc3)n2)cc1Cl. The van der Waals surface area contributed by atoms with Crippen molar-refractivity contribution in [1.82, 2.24) is 4.98 Å². The summed E-state index contributed by atoms with van der Waals surface area (Å²) in [5, 5.41) is 5.80. The van der Waals surface area contributed by atoms with E-state index >= 15 is 0 Å². The molecule has 5 nitrogen and oxygen atoms in total. The molecule has 2 aromatic carbocycles. The highest BCUT2D eigenvalue weighted by Gasteiger charge is 2.11. The standard InChI is InChI=1S/C19H16ClN3O2S/c20-16-9-13(6-7-15(16)19(21)25)22-17(24)10-14-11-26-18(23-14)8-12-4-2-1-3-5-12/h1-7,9,11H,8,10H2,(H2,21,25)(H,22,24). The van der Waals surface area contributed by atoms with Crippen molar-refractivity contribution in [2.24, 2.45) is 5.73 Å². The van der Waals surface area contributed by atoms with Crippen LogP contribution in [0.5, 0.6) is 0 Å². The van der Waals surface area contributed by atoms with Crippen LogP contribution in [0.1, 0.15) is 26.6 Å². The van der Waals surface area contributed by atoms with Gasteiger partial charge in [0.1, 0.15) is 0 Å². The zero-order valence-electron chi connectivity index (χ0n) is 13.7.